The van der Waals surface area contributed by atoms with Crippen LogP contribution in [0, 0.1) is 11.3 Å². The minimum atomic E-state index is -0.767. The number of ether oxygens (including phenoxy) is 1. The number of esters is 1. The van der Waals surface area contributed by atoms with Crippen molar-refractivity contribution in [1.29, 1.82) is 5.26 Å². The monoisotopic (exact) mass is 254 g/mol. The molecule has 5 nitrogen and oxygen atoms in total. The maximum Gasteiger partial charge on any atom is 0.331 e. The molecule has 0 aliphatic carbocycles. The summed E-state index contributed by atoms with van der Waals surface area (Å²) < 4.78 is 4.98. The lowest BCUT2D eigenvalue weighted by Crippen LogP contribution is -2.47. The van der Waals surface area contributed by atoms with Crippen LogP contribution in [0.5, 0.6) is 0 Å². The lowest BCUT2D eigenvalue weighted by Gasteiger charge is -2.29. The van der Waals surface area contributed by atoms with E-state index in [1.165, 1.54) is 6.92 Å². The van der Waals surface area contributed by atoms with Crippen molar-refractivity contribution in [2.75, 3.05) is 5.75 Å². The number of carbonyl (C=O) groups excluding carboxylic acids is 2. The Kier molecular flexibility index (Phi) is 3.04. The van der Waals surface area contributed by atoms with E-state index in [2.05, 4.69) is 0 Å². The van der Waals surface area contributed by atoms with Crippen LogP contribution < -0.4 is 0 Å². The number of rotatable bonds is 2. The van der Waals surface area contributed by atoms with E-state index in [0.29, 0.717) is 12.2 Å². The lowest BCUT2D eigenvalue weighted by molar-refractivity contribution is -0.155. The third-order valence-electron chi connectivity index (χ3n) is 3.19. The van der Waals surface area contributed by atoms with Crippen molar-refractivity contribution in [3.8, 4) is 6.07 Å². The molecule has 2 aliphatic heterocycles. The first-order valence-corrected chi connectivity index (χ1v) is 6.53. The van der Waals surface area contributed by atoms with Crippen molar-refractivity contribution < 1.29 is 14.3 Å². The van der Waals surface area contributed by atoms with Crippen molar-refractivity contribution in [1.82, 2.24) is 4.90 Å². The third-order valence-corrected chi connectivity index (χ3v) is 4.70. The summed E-state index contributed by atoms with van der Waals surface area (Å²) in [5, 5.41) is 8.60. The van der Waals surface area contributed by atoms with Gasteiger partial charge in [0.25, 0.3) is 0 Å². The van der Waals surface area contributed by atoms with Crippen LogP contribution in [0.15, 0.2) is 0 Å². The van der Waals surface area contributed by atoms with E-state index in [4.69, 9.17) is 10.00 Å². The number of amides is 1. The van der Waals surface area contributed by atoms with Gasteiger partial charge in [-0.05, 0) is 20.3 Å². The summed E-state index contributed by atoms with van der Waals surface area (Å²) in [5.41, 5.74) is 0. The predicted octanol–water partition coefficient (Wildman–Crippen LogP) is 0.896. The average Bonchev–Trinajstić information content (AvgIpc) is 2.76. The molecule has 2 aliphatic rings. The number of nitriles is 1. The fourth-order valence-corrected chi connectivity index (χ4v) is 3.69. The number of thioether (sulfide) groups is 1. The highest BCUT2D eigenvalue weighted by atomic mass is 32.2. The second-order valence-corrected chi connectivity index (χ2v) is 5.98. The topological polar surface area (TPSA) is 70.4 Å². The van der Waals surface area contributed by atoms with Gasteiger partial charge in [-0.2, -0.15) is 5.26 Å². The standard InChI is InChI=1S/C11H14N2O3S/c1-7(5-12)16-10(15)8-6-17-11(2)4-3-9(14)13(8)11/h7-8H,3-4,6H2,1-2H3/t7-,8+,11+/m1/s1. The summed E-state index contributed by atoms with van der Waals surface area (Å²) in [6.45, 7) is 3.49. The molecule has 0 aromatic heterocycles. The zero-order valence-electron chi connectivity index (χ0n) is 9.80. The Labute approximate surface area is 104 Å². The fourth-order valence-electron chi connectivity index (χ4n) is 2.27. The highest BCUT2D eigenvalue weighted by Gasteiger charge is 2.53. The van der Waals surface area contributed by atoms with Gasteiger partial charge < -0.3 is 9.64 Å². The molecule has 6 heteroatoms. The van der Waals surface area contributed by atoms with E-state index in [9.17, 15) is 9.59 Å². The molecule has 2 rings (SSSR count). The number of hydrogen-bond acceptors (Lipinski definition) is 5. The minimum absolute atomic E-state index is 0.00376. The minimum Gasteiger partial charge on any atom is -0.446 e. The third kappa shape index (κ3) is 2.00. The second-order valence-electron chi connectivity index (χ2n) is 4.47. The molecule has 1 amide bonds. The van der Waals surface area contributed by atoms with Gasteiger partial charge in [-0.15, -0.1) is 11.8 Å². The van der Waals surface area contributed by atoms with E-state index in [1.807, 2.05) is 13.0 Å². The summed E-state index contributed by atoms with van der Waals surface area (Å²) in [5.74, 6) is 0.0914. The lowest BCUT2D eigenvalue weighted by atomic mass is 10.2. The summed E-state index contributed by atoms with van der Waals surface area (Å²) >= 11 is 1.61. The first kappa shape index (κ1) is 12.2. The van der Waals surface area contributed by atoms with Crippen molar-refractivity contribution in [2.45, 2.75) is 43.7 Å². The van der Waals surface area contributed by atoms with Gasteiger partial charge in [-0.25, -0.2) is 4.79 Å². The van der Waals surface area contributed by atoms with Crippen molar-refractivity contribution in [3.63, 3.8) is 0 Å². The number of nitrogens with zero attached hydrogens (tertiary/aromatic N) is 2. The summed E-state index contributed by atoms with van der Waals surface area (Å²) in [6, 6.07) is 1.31. The Morgan fingerprint density at radius 3 is 3.12 bits per heavy atom. The molecule has 17 heavy (non-hydrogen) atoms. The van der Waals surface area contributed by atoms with Crippen LogP contribution in [0.25, 0.3) is 0 Å². The molecule has 0 spiro atoms. The van der Waals surface area contributed by atoms with E-state index in [1.54, 1.807) is 16.7 Å². The van der Waals surface area contributed by atoms with Crippen LogP contribution in [-0.2, 0) is 14.3 Å². The van der Waals surface area contributed by atoms with Crippen molar-refractivity contribution in [2.24, 2.45) is 0 Å². The Balaban J connectivity index is 2.11. The highest BCUT2D eigenvalue weighted by Crippen LogP contribution is 2.47. The van der Waals surface area contributed by atoms with Crippen LogP contribution in [-0.4, -0.2) is 39.5 Å². The van der Waals surface area contributed by atoms with E-state index < -0.39 is 18.1 Å². The molecule has 0 bridgehead atoms. The zero-order valence-corrected chi connectivity index (χ0v) is 10.6. The SMILES string of the molecule is C[C@H](C#N)OC(=O)[C@@H]1CS[C@@]2(C)CCC(=O)N12. The molecular formula is C11H14N2O3S. The molecule has 0 aromatic carbocycles. The fraction of sp³-hybridized carbons (Fsp3) is 0.727. The maximum atomic E-state index is 11.9. The zero-order chi connectivity index (χ0) is 12.6. The molecule has 0 unspecified atom stereocenters. The first-order chi connectivity index (χ1) is 7.98. The van der Waals surface area contributed by atoms with E-state index in [0.717, 1.165) is 6.42 Å². The smallest absolute Gasteiger partial charge is 0.331 e. The van der Waals surface area contributed by atoms with Crippen LogP contribution in [0.3, 0.4) is 0 Å². The van der Waals surface area contributed by atoms with Crippen LogP contribution in [0.2, 0.25) is 0 Å². The molecular weight excluding hydrogens is 240 g/mol. The molecule has 3 atom stereocenters. The van der Waals surface area contributed by atoms with Gasteiger partial charge in [0.15, 0.2) is 6.10 Å². The Morgan fingerprint density at radius 1 is 1.76 bits per heavy atom. The summed E-state index contributed by atoms with van der Waals surface area (Å²) in [6.07, 6.45) is 0.492. The summed E-state index contributed by atoms with van der Waals surface area (Å²) in [7, 11) is 0. The van der Waals surface area contributed by atoms with Crippen LogP contribution in [0.1, 0.15) is 26.7 Å². The van der Waals surface area contributed by atoms with Gasteiger partial charge in [0.05, 0.1) is 4.87 Å². The second kappa shape index (κ2) is 4.22. The number of fused-ring (bicyclic) bond motifs is 1. The maximum absolute atomic E-state index is 11.9. The molecule has 2 heterocycles. The molecule has 92 valence electrons. The molecule has 0 aromatic rings. The van der Waals surface area contributed by atoms with Gasteiger partial charge in [-0.3, -0.25) is 4.79 Å². The number of hydrogen-bond donors (Lipinski definition) is 0. The molecule has 0 N–H and O–H groups in total. The van der Waals surface area contributed by atoms with Gasteiger partial charge in [0.2, 0.25) is 5.91 Å². The molecule has 0 radical (unpaired) electrons. The largest absolute Gasteiger partial charge is 0.446 e. The molecule has 2 fully saturated rings. The van der Waals surface area contributed by atoms with Crippen molar-refractivity contribution in [3.05, 3.63) is 0 Å². The average molecular weight is 254 g/mol. The number of carbonyl (C=O) groups is 2. The Hall–Kier alpha value is -1.22. The van der Waals surface area contributed by atoms with Gasteiger partial charge in [0, 0.05) is 12.2 Å². The summed E-state index contributed by atoms with van der Waals surface area (Å²) in [4.78, 5) is 25.0. The Bertz CT molecular complexity index is 406. The normalized spacial score (nSPS) is 33.1. The van der Waals surface area contributed by atoms with Gasteiger partial charge >= 0.3 is 5.97 Å². The van der Waals surface area contributed by atoms with Crippen LogP contribution >= 0.6 is 11.8 Å². The Morgan fingerprint density at radius 2 is 2.47 bits per heavy atom. The highest BCUT2D eigenvalue weighted by molar-refractivity contribution is 8.01. The quantitative estimate of drug-likeness (QED) is 0.685. The van der Waals surface area contributed by atoms with E-state index >= 15 is 0 Å². The first-order valence-electron chi connectivity index (χ1n) is 5.54. The van der Waals surface area contributed by atoms with Gasteiger partial charge in [0.1, 0.15) is 12.1 Å². The van der Waals surface area contributed by atoms with Crippen LogP contribution in [0.4, 0.5) is 0 Å². The van der Waals surface area contributed by atoms with E-state index in [-0.39, 0.29) is 10.8 Å². The molecule has 0 saturated carbocycles. The molecule has 2 saturated heterocycles. The van der Waals surface area contributed by atoms with Crippen molar-refractivity contribution >= 4 is 23.6 Å². The van der Waals surface area contributed by atoms with Gasteiger partial charge in [-0.1, -0.05) is 0 Å². The predicted molar refractivity (Wildman–Crippen MR) is 61.9 cm³/mol.